The van der Waals surface area contributed by atoms with Crippen molar-refractivity contribution in [2.75, 3.05) is 0 Å². The zero-order valence-electron chi connectivity index (χ0n) is 10.7. The Morgan fingerprint density at radius 2 is 1.26 bits per heavy atom. The molecular formula is C16H15Cl2Zr. The Labute approximate surface area is 143 Å². The quantitative estimate of drug-likeness (QED) is 0.524. The summed E-state index contributed by atoms with van der Waals surface area (Å²) in [5.41, 5.74) is 2.92. The molecule has 0 saturated heterocycles. The van der Waals surface area contributed by atoms with Gasteiger partial charge in [0.15, 0.2) is 0 Å². The molecule has 2 aromatic carbocycles. The topological polar surface area (TPSA) is 0 Å². The SMILES string of the molecule is CC1[C]([Zr+2])=Cc2ccccc21.[Cl-].[Cl-].c1ccccc1. The van der Waals surface area contributed by atoms with Crippen LogP contribution in [0.1, 0.15) is 24.0 Å². The first-order valence-electron chi connectivity index (χ1n) is 5.81. The van der Waals surface area contributed by atoms with Gasteiger partial charge in [0.05, 0.1) is 0 Å². The van der Waals surface area contributed by atoms with Crippen molar-refractivity contribution in [2.45, 2.75) is 12.8 Å². The summed E-state index contributed by atoms with van der Waals surface area (Å²) in [4.78, 5) is 0. The van der Waals surface area contributed by atoms with Gasteiger partial charge in [0.2, 0.25) is 0 Å². The minimum atomic E-state index is 0. The first kappa shape index (κ1) is 18.6. The Kier molecular flexibility index (Phi) is 9.35. The van der Waals surface area contributed by atoms with Crippen LogP contribution in [0.3, 0.4) is 0 Å². The van der Waals surface area contributed by atoms with Crippen molar-refractivity contribution in [2.24, 2.45) is 0 Å². The molecule has 3 rings (SSSR count). The fourth-order valence-electron chi connectivity index (χ4n) is 1.88. The minimum Gasteiger partial charge on any atom is -1.00 e. The predicted molar refractivity (Wildman–Crippen MR) is 69.3 cm³/mol. The van der Waals surface area contributed by atoms with E-state index in [2.05, 4.69) is 37.3 Å². The molecule has 97 valence electrons. The van der Waals surface area contributed by atoms with Crippen LogP contribution >= 0.6 is 0 Å². The Hall–Kier alpha value is -0.357. The molecule has 0 N–H and O–H groups in total. The van der Waals surface area contributed by atoms with Crippen LogP contribution in [0.4, 0.5) is 0 Å². The zero-order chi connectivity index (χ0) is 12.1. The second kappa shape index (κ2) is 9.53. The molecule has 19 heavy (non-hydrogen) atoms. The number of halogens is 2. The van der Waals surface area contributed by atoms with Crippen LogP contribution in [0, 0.1) is 0 Å². The molecule has 2 aromatic rings. The van der Waals surface area contributed by atoms with Gasteiger partial charge in [-0.2, -0.15) is 0 Å². The van der Waals surface area contributed by atoms with E-state index in [-0.39, 0.29) is 24.8 Å². The van der Waals surface area contributed by atoms with Gasteiger partial charge < -0.3 is 24.8 Å². The van der Waals surface area contributed by atoms with Crippen molar-refractivity contribution in [3.63, 3.8) is 0 Å². The number of allylic oxidation sites excluding steroid dienone is 1. The van der Waals surface area contributed by atoms with Crippen molar-refractivity contribution in [1.82, 2.24) is 0 Å². The average molecular weight is 369 g/mol. The van der Waals surface area contributed by atoms with Crippen molar-refractivity contribution in [1.29, 1.82) is 0 Å². The standard InChI is InChI=1S/C10H9.C6H6.2ClH.Zr/c1-8-6-7-9-4-2-3-5-10(8)9;1-2-4-6-5-3-1;;;/h2-5,7-8H,1H3;1-6H;2*1H;/q;;;;+2/p-2. The fourth-order valence-corrected chi connectivity index (χ4v) is 2.65. The van der Waals surface area contributed by atoms with Crippen LogP contribution in [-0.4, -0.2) is 0 Å². The maximum absolute atomic E-state index is 2.32. The molecule has 1 unspecified atom stereocenters. The van der Waals surface area contributed by atoms with Gasteiger partial charge in [-0.25, -0.2) is 0 Å². The second-order valence-electron chi connectivity index (χ2n) is 4.10. The van der Waals surface area contributed by atoms with E-state index in [4.69, 9.17) is 0 Å². The molecule has 0 aliphatic heterocycles. The Bertz CT molecular complexity index is 482. The summed E-state index contributed by atoms with van der Waals surface area (Å²) in [6.45, 7) is 2.28. The molecule has 0 nitrogen and oxygen atoms in total. The van der Waals surface area contributed by atoms with E-state index in [1.54, 1.807) is 28.0 Å². The fraction of sp³-hybridized carbons (Fsp3) is 0.125. The van der Waals surface area contributed by atoms with Crippen molar-refractivity contribution in [3.05, 3.63) is 75.1 Å². The molecule has 0 spiro atoms. The number of hydrogen-bond donors (Lipinski definition) is 0. The molecule has 0 bridgehead atoms. The van der Waals surface area contributed by atoms with Gasteiger partial charge in [-0.1, -0.05) is 36.4 Å². The predicted octanol–water partition coefficient (Wildman–Crippen LogP) is -1.61. The van der Waals surface area contributed by atoms with E-state index >= 15 is 0 Å². The second-order valence-corrected chi connectivity index (χ2v) is 5.52. The zero-order valence-corrected chi connectivity index (χ0v) is 14.7. The van der Waals surface area contributed by atoms with E-state index < -0.39 is 0 Å². The normalized spacial score (nSPS) is 14.9. The maximum Gasteiger partial charge on any atom is -0.0623 e. The molecule has 0 fully saturated rings. The molecule has 1 aliphatic carbocycles. The number of fused-ring (bicyclic) bond motifs is 1. The molecule has 0 amide bonds. The molecule has 0 heterocycles. The third-order valence-corrected chi connectivity index (χ3v) is 4.33. The largest absolute Gasteiger partial charge is 1.00 e. The number of hydrogen-bond acceptors (Lipinski definition) is 0. The third kappa shape index (κ3) is 5.26. The smallest absolute Gasteiger partial charge is 0.0623 e. The van der Waals surface area contributed by atoms with Gasteiger partial charge in [0.1, 0.15) is 0 Å². The molecule has 0 saturated carbocycles. The van der Waals surface area contributed by atoms with Crippen LogP contribution in [0.15, 0.2) is 63.9 Å². The van der Waals surface area contributed by atoms with Gasteiger partial charge in [-0.15, -0.1) is 0 Å². The summed E-state index contributed by atoms with van der Waals surface area (Å²) in [5.74, 6) is 0.671. The Morgan fingerprint density at radius 3 is 1.74 bits per heavy atom. The molecule has 1 atom stereocenters. The van der Waals surface area contributed by atoms with Gasteiger partial charge in [0.25, 0.3) is 0 Å². The summed E-state index contributed by atoms with van der Waals surface area (Å²) in [5, 5.41) is 0. The number of rotatable bonds is 0. The molecule has 1 aliphatic rings. The monoisotopic (exact) mass is 367 g/mol. The average Bonchev–Trinajstić information content (AvgIpc) is 2.69. The first-order chi connectivity index (χ1) is 8.29. The third-order valence-electron chi connectivity index (χ3n) is 2.91. The van der Waals surface area contributed by atoms with Crippen LogP contribution in [0.5, 0.6) is 0 Å². The van der Waals surface area contributed by atoms with Crippen molar-refractivity contribution < 1.29 is 49.5 Å². The Morgan fingerprint density at radius 1 is 0.789 bits per heavy atom. The maximum atomic E-state index is 2.32. The van der Waals surface area contributed by atoms with Crippen molar-refractivity contribution in [3.8, 4) is 0 Å². The number of benzene rings is 2. The molecule has 0 radical (unpaired) electrons. The first-order valence-corrected chi connectivity index (χ1v) is 7.04. The molecule has 3 heteroatoms. The van der Waals surface area contributed by atoms with Crippen LogP contribution in [-0.2, 0) is 24.7 Å². The van der Waals surface area contributed by atoms with Crippen LogP contribution < -0.4 is 24.8 Å². The van der Waals surface area contributed by atoms with Gasteiger partial charge in [0, 0.05) is 0 Å². The van der Waals surface area contributed by atoms with E-state index in [1.165, 1.54) is 11.1 Å². The van der Waals surface area contributed by atoms with E-state index in [9.17, 15) is 0 Å². The van der Waals surface area contributed by atoms with E-state index in [1.807, 2.05) is 36.4 Å². The van der Waals surface area contributed by atoms with Gasteiger partial charge >= 0.3 is 82.3 Å². The summed E-state index contributed by atoms with van der Waals surface area (Å²) in [7, 11) is 0. The van der Waals surface area contributed by atoms with Crippen LogP contribution in [0.25, 0.3) is 6.08 Å². The van der Waals surface area contributed by atoms with E-state index in [0.717, 1.165) is 0 Å². The van der Waals surface area contributed by atoms with Crippen molar-refractivity contribution >= 4 is 6.08 Å². The summed E-state index contributed by atoms with van der Waals surface area (Å²) in [6, 6.07) is 20.7. The van der Waals surface area contributed by atoms with Gasteiger partial charge in [-0.3, -0.25) is 0 Å². The van der Waals surface area contributed by atoms with Crippen LogP contribution in [0.2, 0.25) is 0 Å². The minimum absolute atomic E-state index is 0. The summed E-state index contributed by atoms with van der Waals surface area (Å²) >= 11 is 1.55. The summed E-state index contributed by atoms with van der Waals surface area (Å²) < 4.78 is 1.57. The van der Waals surface area contributed by atoms with Gasteiger partial charge in [-0.05, 0) is 0 Å². The Balaban J connectivity index is 0.000000353. The molecule has 0 aromatic heterocycles. The summed E-state index contributed by atoms with van der Waals surface area (Å²) in [6.07, 6.45) is 2.32. The van der Waals surface area contributed by atoms with E-state index in [0.29, 0.717) is 5.92 Å². The molecular weight excluding hydrogens is 354 g/mol.